The summed E-state index contributed by atoms with van der Waals surface area (Å²) < 4.78 is 0. The average Bonchev–Trinajstić information content (AvgIpc) is 2.82. The van der Waals surface area contributed by atoms with E-state index in [9.17, 15) is 0 Å². The minimum atomic E-state index is 0.665. The van der Waals surface area contributed by atoms with Crippen molar-refractivity contribution in [2.24, 2.45) is 5.92 Å². The van der Waals surface area contributed by atoms with Gasteiger partial charge in [0.25, 0.3) is 0 Å². The first-order chi connectivity index (χ1) is 9.24. The predicted molar refractivity (Wildman–Crippen MR) is 81.7 cm³/mol. The van der Waals surface area contributed by atoms with Gasteiger partial charge in [-0.25, -0.2) is 0 Å². The minimum absolute atomic E-state index is 0.665. The van der Waals surface area contributed by atoms with E-state index in [2.05, 4.69) is 48.5 Å². The largest absolute Gasteiger partial charge is 0.384 e. The first-order valence-electron chi connectivity index (χ1n) is 7.77. The van der Waals surface area contributed by atoms with E-state index in [1.807, 2.05) is 0 Å². The molecular weight excluding hydrogens is 232 g/mol. The van der Waals surface area contributed by atoms with Gasteiger partial charge in [-0.3, -0.25) is 0 Å². The monoisotopic (exact) mass is 258 g/mol. The third-order valence-corrected chi connectivity index (χ3v) is 4.98. The second kappa shape index (κ2) is 5.54. The van der Waals surface area contributed by atoms with Crippen LogP contribution in [0.1, 0.15) is 44.1 Å². The van der Waals surface area contributed by atoms with Crippen LogP contribution in [0.15, 0.2) is 24.3 Å². The van der Waals surface area contributed by atoms with Gasteiger partial charge < -0.3 is 10.2 Å². The number of likely N-dealkylation sites (N-methyl/N-ethyl adjacent to an activating group) is 1. The van der Waals surface area contributed by atoms with Crippen molar-refractivity contribution in [2.75, 3.05) is 25.5 Å². The molecule has 2 aliphatic rings. The van der Waals surface area contributed by atoms with Gasteiger partial charge in [0.1, 0.15) is 0 Å². The highest BCUT2D eigenvalue weighted by Crippen LogP contribution is 2.33. The highest BCUT2D eigenvalue weighted by atomic mass is 15.1. The molecule has 0 bridgehead atoms. The van der Waals surface area contributed by atoms with Gasteiger partial charge >= 0.3 is 0 Å². The van der Waals surface area contributed by atoms with E-state index in [0.29, 0.717) is 5.92 Å². The highest BCUT2D eigenvalue weighted by Gasteiger charge is 2.27. The summed E-state index contributed by atoms with van der Waals surface area (Å²) in [5.41, 5.74) is 2.86. The quantitative estimate of drug-likeness (QED) is 0.889. The van der Waals surface area contributed by atoms with Gasteiger partial charge in [0.05, 0.1) is 0 Å². The number of nitrogens with one attached hydrogen (secondary N) is 1. The molecule has 1 aliphatic carbocycles. The van der Waals surface area contributed by atoms with Crippen LogP contribution < -0.4 is 5.32 Å². The highest BCUT2D eigenvalue weighted by molar-refractivity contribution is 5.57. The van der Waals surface area contributed by atoms with E-state index in [1.165, 1.54) is 43.5 Å². The van der Waals surface area contributed by atoms with Crippen molar-refractivity contribution < 1.29 is 0 Å². The number of hydrogen-bond acceptors (Lipinski definition) is 2. The Morgan fingerprint density at radius 3 is 2.95 bits per heavy atom. The summed E-state index contributed by atoms with van der Waals surface area (Å²) in [5.74, 6) is 1.58. The van der Waals surface area contributed by atoms with E-state index in [1.54, 1.807) is 0 Å². The molecule has 0 aromatic heterocycles. The zero-order valence-corrected chi connectivity index (χ0v) is 12.2. The lowest BCUT2D eigenvalue weighted by Gasteiger charge is -2.35. The molecule has 1 aliphatic heterocycles. The molecule has 2 heteroatoms. The van der Waals surface area contributed by atoms with Gasteiger partial charge in [-0.1, -0.05) is 38.0 Å². The first kappa shape index (κ1) is 13.0. The summed E-state index contributed by atoms with van der Waals surface area (Å²) in [6, 6.07) is 9.59. The molecular formula is C17H26N2. The fourth-order valence-corrected chi connectivity index (χ4v) is 3.82. The number of fused-ring (bicyclic) bond motifs is 1. The number of hydrogen-bond donors (Lipinski definition) is 1. The SMILES string of the molecule is CC1CCCC(N(C)CC2CNc3ccccc32)C1. The summed E-state index contributed by atoms with van der Waals surface area (Å²) in [6.07, 6.45) is 5.62. The van der Waals surface area contributed by atoms with Gasteiger partial charge in [0, 0.05) is 30.7 Å². The molecule has 1 aromatic carbocycles. The maximum absolute atomic E-state index is 3.54. The molecule has 3 unspecified atom stereocenters. The second-order valence-electron chi connectivity index (χ2n) is 6.53. The average molecular weight is 258 g/mol. The Bertz CT molecular complexity index is 429. The van der Waals surface area contributed by atoms with Crippen molar-refractivity contribution in [3.05, 3.63) is 29.8 Å². The summed E-state index contributed by atoms with van der Waals surface area (Å²) in [4.78, 5) is 2.62. The van der Waals surface area contributed by atoms with Gasteiger partial charge in [-0.2, -0.15) is 0 Å². The molecule has 104 valence electrons. The summed E-state index contributed by atoms with van der Waals surface area (Å²) >= 11 is 0. The molecule has 1 heterocycles. The fourth-order valence-electron chi connectivity index (χ4n) is 3.82. The third-order valence-electron chi connectivity index (χ3n) is 4.98. The molecule has 2 nitrogen and oxygen atoms in total. The Hall–Kier alpha value is -1.02. The summed E-state index contributed by atoms with van der Waals surface area (Å²) in [6.45, 7) is 4.71. The van der Waals surface area contributed by atoms with Crippen LogP contribution in [0.25, 0.3) is 0 Å². The van der Waals surface area contributed by atoms with Crippen LogP contribution in [0.5, 0.6) is 0 Å². The topological polar surface area (TPSA) is 15.3 Å². The van der Waals surface area contributed by atoms with E-state index < -0.39 is 0 Å². The third kappa shape index (κ3) is 2.79. The summed E-state index contributed by atoms with van der Waals surface area (Å²) in [5, 5.41) is 3.54. The molecule has 1 N–H and O–H groups in total. The van der Waals surface area contributed by atoms with Crippen molar-refractivity contribution in [1.29, 1.82) is 0 Å². The number of benzene rings is 1. The molecule has 0 radical (unpaired) electrons. The smallest absolute Gasteiger partial charge is 0.0376 e. The lowest BCUT2D eigenvalue weighted by Crippen LogP contribution is -2.38. The fraction of sp³-hybridized carbons (Fsp3) is 0.647. The summed E-state index contributed by atoms with van der Waals surface area (Å²) in [7, 11) is 2.32. The lowest BCUT2D eigenvalue weighted by atomic mass is 9.86. The number of anilines is 1. The Morgan fingerprint density at radius 1 is 1.26 bits per heavy atom. The van der Waals surface area contributed by atoms with E-state index in [0.717, 1.165) is 18.5 Å². The van der Waals surface area contributed by atoms with Crippen molar-refractivity contribution in [3.8, 4) is 0 Å². The standard InChI is InChI=1S/C17H26N2/c1-13-6-5-7-15(10-13)19(2)12-14-11-18-17-9-4-3-8-16(14)17/h3-4,8-9,13-15,18H,5-7,10-12H2,1-2H3. The first-order valence-corrected chi connectivity index (χ1v) is 7.77. The van der Waals surface area contributed by atoms with Crippen molar-refractivity contribution in [3.63, 3.8) is 0 Å². The molecule has 0 saturated heterocycles. The Balaban J connectivity index is 1.63. The molecule has 3 rings (SSSR count). The van der Waals surface area contributed by atoms with Gasteiger partial charge in [0.15, 0.2) is 0 Å². The van der Waals surface area contributed by atoms with Crippen molar-refractivity contribution in [1.82, 2.24) is 4.90 Å². The molecule has 0 amide bonds. The van der Waals surface area contributed by atoms with Gasteiger partial charge in [0.2, 0.25) is 0 Å². The predicted octanol–water partition coefficient (Wildman–Crippen LogP) is 3.71. The number of nitrogens with zero attached hydrogens (tertiary/aromatic N) is 1. The van der Waals surface area contributed by atoms with Crippen LogP contribution in [-0.4, -0.2) is 31.1 Å². The molecule has 1 aromatic rings. The minimum Gasteiger partial charge on any atom is -0.384 e. The molecule has 19 heavy (non-hydrogen) atoms. The van der Waals surface area contributed by atoms with Crippen LogP contribution in [0.3, 0.4) is 0 Å². The Morgan fingerprint density at radius 2 is 2.11 bits per heavy atom. The molecule has 3 atom stereocenters. The zero-order chi connectivity index (χ0) is 13.2. The Labute approximate surface area is 117 Å². The van der Waals surface area contributed by atoms with Crippen molar-refractivity contribution >= 4 is 5.69 Å². The zero-order valence-electron chi connectivity index (χ0n) is 12.2. The Kier molecular flexibility index (Phi) is 3.79. The normalized spacial score (nSPS) is 30.2. The van der Waals surface area contributed by atoms with Crippen molar-refractivity contribution in [2.45, 2.75) is 44.6 Å². The van der Waals surface area contributed by atoms with Gasteiger partial charge in [-0.15, -0.1) is 0 Å². The van der Waals surface area contributed by atoms with Crippen LogP contribution in [0, 0.1) is 5.92 Å². The molecule has 1 saturated carbocycles. The molecule has 0 spiro atoms. The van der Waals surface area contributed by atoms with Crippen LogP contribution >= 0.6 is 0 Å². The van der Waals surface area contributed by atoms with E-state index >= 15 is 0 Å². The number of rotatable bonds is 3. The van der Waals surface area contributed by atoms with Crippen LogP contribution in [-0.2, 0) is 0 Å². The van der Waals surface area contributed by atoms with E-state index in [-0.39, 0.29) is 0 Å². The van der Waals surface area contributed by atoms with Gasteiger partial charge in [-0.05, 0) is 37.4 Å². The van der Waals surface area contributed by atoms with Crippen LogP contribution in [0.4, 0.5) is 5.69 Å². The maximum atomic E-state index is 3.54. The number of para-hydroxylation sites is 1. The maximum Gasteiger partial charge on any atom is 0.0376 e. The van der Waals surface area contributed by atoms with E-state index in [4.69, 9.17) is 0 Å². The second-order valence-corrected chi connectivity index (χ2v) is 6.53. The molecule has 1 fully saturated rings. The lowest BCUT2D eigenvalue weighted by molar-refractivity contribution is 0.158. The van der Waals surface area contributed by atoms with Crippen LogP contribution in [0.2, 0.25) is 0 Å².